The van der Waals surface area contributed by atoms with Gasteiger partial charge in [-0.05, 0) is 31.4 Å². The summed E-state index contributed by atoms with van der Waals surface area (Å²) in [5.41, 5.74) is 0.473. The predicted octanol–water partition coefficient (Wildman–Crippen LogP) is 2.17. The van der Waals surface area contributed by atoms with Crippen molar-refractivity contribution < 1.29 is 13.2 Å². The molecule has 8 heteroatoms. The summed E-state index contributed by atoms with van der Waals surface area (Å²) >= 11 is 7.67. The number of halogens is 1. The first kappa shape index (κ1) is 17.6. The summed E-state index contributed by atoms with van der Waals surface area (Å²) in [7, 11) is -3.19. The number of benzene rings is 1. The fourth-order valence-electron chi connectivity index (χ4n) is 2.32. The molecule has 0 spiro atoms. The molecule has 1 aliphatic heterocycles. The maximum Gasteiger partial charge on any atom is 0.255 e. The van der Waals surface area contributed by atoms with Crippen molar-refractivity contribution in [2.45, 2.75) is 11.8 Å². The molecule has 1 aliphatic rings. The van der Waals surface area contributed by atoms with Crippen LogP contribution in [0.3, 0.4) is 0 Å². The molecule has 1 aromatic carbocycles. The summed E-state index contributed by atoms with van der Waals surface area (Å²) in [5.74, 6) is -0.0582. The Kier molecular flexibility index (Phi) is 5.76. The Hall–Kier alpha value is -0.760. The van der Waals surface area contributed by atoms with Crippen LogP contribution in [-0.2, 0) is 10.0 Å². The number of rotatable bonds is 4. The van der Waals surface area contributed by atoms with E-state index in [1.165, 1.54) is 4.31 Å². The summed E-state index contributed by atoms with van der Waals surface area (Å²) in [6, 6.07) is 5.37. The van der Waals surface area contributed by atoms with Crippen LogP contribution in [0.1, 0.15) is 17.3 Å². The molecule has 1 heterocycles. The summed E-state index contributed by atoms with van der Waals surface area (Å²) in [5, 5.41) is 0.423. The number of amides is 1. The second-order valence-corrected chi connectivity index (χ2v) is 8.48. The third kappa shape index (κ3) is 3.76. The first-order valence-electron chi connectivity index (χ1n) is 6.99. The van der Waals surface area contributed by atoms with Crippen molar-refractivity contribution in [1.82, 2.24) is 9.21 Å². The maximum absolute atomic E-state index is 12.6. The minimum atomic E-state index is -3.19. The number of nitrogens with zero attached hydrogens (tertiary/aromatic N) is 2. The highest BCUT2D eigenvalue weighted by Crippen LogP contribution is 2.24. The third-order valence-corrected chi connectivity index (χ3v) is 6.62. The number of piperazine rings is 1. The summed E-state index contributed by atoms with van der Waals surface area (Å²) in [4.78, 5) is 15.2. The number of thioether (sulfide) groups is 1. The van der Waals surface area contributed by atoms with E-state index in [9.17, 15) is 13.2 Å². The maximum atomic E-state index is 12.6. The highest BCUT2D eigenvalue weighted by molar-refractivity contribution is 7.98. The van der Waals surface area contributed by atoms with E-state index in [0.29, 0.717) is 36.8 Å². The molecule has 0 unspecified atom stereocenters. The van der Waals surface area contributed by atoms with Crippen LogP contribution in [0.25, 0.3) is 0 Å². The van der Waals surface area contributed by atoms with Crippen molar-refractivity contribution in [2.75, 3.05) is 38.2 Å². The molecule has 0 N–H and O–H groups in total. The lowest BCUT2D eigenvalue weighted by Crippen LogP contribution is -2.50. The molecule has 0 saturated carbocycles. The number of carbonyl (C=O) groups excluding carboxylic acids is 1. The Morgan fingerprint density at radius 2 is 1.91 bits per heavy atom. The van der Waals surface area contributed by atoms with Gasteiger partial charge in [0, 0.05) is 31.1 Å². The van der Waals surface area contributed by atoms with Crippen molar-refractivity contribution in [3.8, 4) is 0 Å². The van der Waals surface area contributed by atoms with E-state index in [4.69, 9.17) is 11.6 Å². The van der Waals surface area contributed by atoms with Crippen molar-refractivity contribution in [3.05, 3.63) is 28.8 Å². The average molecular weight is 363 g/mol. The minimum absolute atomic E-state index is 0.0859. The molecule has 1 fully saturated rings. The van der Waals surface area contributed by atoms with Crippen molar-refractivity contribution >= 4 is 39.3 Å². The van der Waals surface area contributed by atoms with E-state index >= 15 is 0 Å². The van der Waals surface area contributed by atoms with Gasteiger partial charge >= 0.3 is 0 Å². The Morgan fingerprint density at radius 1 is 1.27 bits per heavy atom. The fourth-order valence-corrected chi connectivity index (χ4v) is 4.04. The first-order valence-corrected chi connectivity index (χ1v) is 10.2. The largest absolute Gasteiger partial charge is 0.336 e. The monoisotopic (exact) mass is 362 g/mol. The molecule has 122 valence electrons. The normalized spacial score (nSPS) is 16.8. The van der Waals surface area contributed by atoms with Crippen molar-refractivity contribution in [1.29, 1.82) is 0 Å². The predicted molar refractivity (Wildman–Crippen MR) is 90.2 cm³/mol. The molecule has 22 heavy (non-hydrogen) atoms. The van der Waals surface area contributed by atoms with Crippen LogP contribution in [0.2, 0.25) is 5.02 Å². The second kappa shape index (κ2) is 7.21. The van der Waals surface area contributed by atoms with Gasteiger partial charge in [0.05, 0.1) is 16.3 Å². The highest BCUT2D eigenvalue weighted by Gasteiger charge is 2.28. The lowest BCUT2D eigenvalue weighted by atomic mass is 10.2. The highest BCUT2D eigenvalue weighted by atomic mass is 35.5. The SMILES string of the molecule is CCS(=O)(=O)N1CCN(C(=O)c2cc(SC)ccc2Cl)CC1. The number of sulfonamides is 1. The minimum Gasteiger partial charge on any atom is -0.336 e. The summed E-state index contributed by atoms with van der Waals surface area (Å²) < 4.78 is 25.1. The van der Waals surface area contributed by atoms with Gasteiger partial charge in [0.15, 0.2) is 0 Å². The van der Waals surface area contributed by atoms with Gasteiger partial charge in [-0.15, -0.1) is 11.8 Å². The Bertz CT molecular complexity index is 656. The lowest BCUT2D eigenvalue weighted by molar-refractivity contribution is 0.0698. The van der Waals surface area contributed by atoms with Crippen LogP contribution >= 0.6 is 23.4 Å². The van der Waals surface area contributed by atoms with Crippen LogP contribution < -0.4 is 0 Å². The summed E-state index contributed by atoms with van der Waals surface area (Å²) in [6.07, 6.45) is 1.94. The van der Waals surface area contributed by atoms with Crippen molar-refractivity contribution in [3.63, 3.8) is 0 Å². The smallest absolute Gasteiger partial charge is 0.255 e. The molecule has 5 nitrogen and oxygen atoms in total. The molecular weight excluding hydrogens is 344 g/mol. The van der Waals surface area contributed by atoms with Crippen LogP contribution in [-0.4, -0.2) is 61.7 Å². The molecule has 1 aromatic rings. The van der Waals surface area contributed by atoms with Gasteiger partial charge in [-0.1, -0.05) is 11.6 Å². The van der Waals surface area contributed by atoms with E-state index in [2.05, 4.69) is 0 Å². The fraction of sp³-hybridized carbons (Fsp3) is 0.500. The second-order valence-electron chi connectivity index (χ2n) is 4.94. The van der Waals surface area contributed by atoms with E-state index in [1.807, 2.05) is 12.3 Å². The topological polar surface area (TPSA) is 57.7 Å². The molecule has 1 amide bonds. The number of hydrogen-bond acceptors (Lipinski definition) is 4. The van der Waals surface area contributed by atoms with E-state index < -0.39 is 10.0 Å². The van der Waals surface area contributed by atoms with Gasteiger partial charge in [0.2, 0.25) is 10.0 Å². The lowest BCUT2D eigenvalue weighted by Gasteiger charge is -2.34. The van der Waals surface area contributed by atoms with E-state index in [0.717, 1.165) is 4.90 Å². The average Bonchev–Trinajstić information content (AvgIpc) is 2.55. The van der Waals surface area contributed by atoms with Crippen LogP contribution in [0.5, 0.6) is 0 Å². The molecule has 0 radical (unpaired) electrons. The molecular formula is C14H19ClN2O3S2. The first-order chi connectivity index (χ1) is 10.4. The summed E-state index contributed by atoms with van der Waals surface area (Å²) in [6.45, 7) is 3.07. The van der Waals surface area contributed by atoms with Gasteiger partial charge in [-0.2, -0.15) is 4.31 Å². The zero-order valence-electron chi connectivity index (χ0n) is 12.6. The Balaban J connectivity index is 2.10. The van der Waals surface area contributed by atoms with Crippen LogP contribution in [0, 0.1) is 0 Å². The number of carbonyl (C=O) groups is 1. The molecule has 0 bridgehead atoms. The van der Waals surface area contributed by atoms with Crippen molar-refractivity contribution in [2.24, 2.45) is 0 Å². The standard InChI is InChI=1S/C14H19ClN2O3S2/c1-3-22(19,20)17-8-6-16(7-9-17)14(18)12-10-11(21-2)4-5-13(12)15/h4-5,10H,3,6-9H2,1-2H3. The van der Waals surface area contributed by atoms with Gasteiger partial charge in [-0.25, -0.2) is 8.42 Å². The molecule has 0 aliphatic carbocycles. The molecule has 2 rings (SSSR count). The Labute approximate surface area is 140 Å². The van der Waals surface area contributed by atoms with Gasteiger partial charge in [0.1, 0.15) is 0 Å². The Morgan fingerprint density at radius 3 is 2.45 bits per heavy atom. The van der Waals surface area contributed by atoms with Crippen LogP contribution in [0.15, 0.2) is 23.1 Å². The van der Waals surface area contributed by atoms with Crippen LogP contribution in [0.4, 0.5) is 0 Å². The quantitative estimate of drug-likeness (QED) is 0.770. The van der Waals surface area contributed by atoms with Gasteiger partial charge in [-0.3, -0.25) is 4.79 Å². The molecule has 1 saturated heterocycles. The van der Waals surface area contributed by atoms with E-state index in [-0.39, 0.29) is 11.7 Å². The molecule has 0 aromatic heterocycles. The van der Waals surface area contributed by atoms with E-state index in [1.54, 1.807) is 35.7 Å². The molecule has 0 atom stereocenters. The zero-order valence-corrected chi connectivity index (χ0v) is 15.0. The van der Waals surface area contributed by atoms with Gasteiger partial charge in [0.25, 0.3) is 5.91 Å². The van der Waals surface area contributed by atoms with Gasteiger partial charge < -0.3 is 4.90 Å². The zero-order chi connectivity index (χ0) is 16.3. The third-order valence-electron chi connectivity index (χ3n) is 3.69. The number of hydrogen-bond donors (Lipinski definition) is 0.